The fourth-order valence-electron chi connectivity index (χ4n) is 3.48. The first-order valence-corrected chi connectivity index (χ1v) is 10.7. The van der Waals surface area contributed by atoms with Crippen LogP contribution in [0.15, 0.2) is 12.2 Å². The zero-order chi connectivity index (χ0) is 18.3. The van der Waals surface area contributed by atoms with Crippen LogP contribution in [0.1, 0.15) is 104 Å². The number of allylic oxidation sites excluding steroid dienone is 2. The van der Waals surface area contributed by atoms with Gasteiger partial charge >= 0.3 is 5.97 Å². The summed E-state index contributed by atoms with van der Waals surface area (Å²) in [6.07, 6.45) is 19.7. The Morgan fingerprint density at radius 3 is 2.28 bits per heavy atom. The van der Waals surface area contributed by atoms with Gasteiger partial charge in [0.25, 0.3) is 0 Å². The predicted molar refractivity (Wildman–Crippen MR) is 105 cm³/mol. The molecule has 0 bridgehead atoms. The smallest absolute Gasteiger partial charge is 0.313 e. The number of carbonyl (C=O) groups is 1. The fourth-order valence-corrected chi connectivity index (χ4v) is 3.48. The van der Waals surface area contributed by atoms with Crippen molar-refractivity contribution in [3.63, 3.8) is 0 Å². The van der Waals surface area contributed by atoms with E-state index in [-0.39, 0.29) is 24.1 Å². The average molecular weight is 353 g/mol. The van der Waals surface area contributed by atoms with E-state index in [1.807, 2.05) is 0 Å². The number of hydrogen-bond donors (Lipinski definition) is 1. The number of hydrogen-bond acceptors (Lipinski definition) is 3. The van der Waals surface area contributed by atoms with Crippen LogP contribution in [0, 0.1) is 5.92 Å². The summed E-state index contributed by atoms with van der Waals surface area (Å²) >= 11 is 0. The SMILES string of the molecule is CCCCCCCC=CCC[C@@H](O)C[C@@H]1OC(=O)[C@H]1CCCCCC. The Morgan fingerprint density at radius 1 is 0.960 bits per heavy atom. The van der Waals surface area contributed by atoms with Crippen molar-refractivity contribution >= 4 is 5.97 Å². The van der Waals surface area contributed by atoms with Crippen LogP contribution in [0.3, 0.4) is 0 Å². The molecule has 0 aromatic carbocycles. The van der Waals surface area contributed by atoms with E-state index in [1.165, 1.54) is 51.4 Å². The van der Waals surface area contributed by atoms with Gasteiger partial charge in [-0.3, -0.25) is 4.79 Å². The summed E-state index contributed by atoms with van der Waals surface area (Å²) in [7, 11) is 0. The van der Waals surface area contributed by atoms with E-state index < -0.39 is 0 Å². The highest BCUT2D eigenvalue weighted by Crippen LogP contribution is 2.31. The fraction of sp³-hybridized carbons (Fsp3) is 0.864. The Labute approximate surface area is 155 Å². The number of rotatable bonds is 16. The zero-order valence-corrected chi connectivity index (χ0v) is 16.5. The molecule has 0 aromatic heterocycles. The maximum Gasteiger partial charge on any atom is 0.313 e. The monoisotopic (exact) mass is 352 g/mol. The Kier molecular flexibility index (Phi) is 12.8. The maximum absolute atomic E-state index is 11.6. The minimum Gasteiger partial charge on any atom is -0.461 e. The molecule has 1 aliphatic rings. The number of cyclic esters (lactones) is 1. The molecule has 1 aliphatic heterocycles. The summed E-state index contributed by atoms with van der Waals surface area (Å²) in [5.74, 6) is -0.0261. The third-order valence-corrected chi connectivity index (χ3v) is 5.20. The standard InChI is InChI=1S/C22H40O3/c1-3-5-7-9-10-11-12-13-14-16-19(23)18-21-20(22(24)25-21)17-15-8-6-4-2/h12-13,19-21,23H,3-11,14-18H2,1-2H3/t19-,20+,21+/m1/s1. The van der Waals surface area contributed by atoms with E-state index in [2.05, 4.69) is 26.0 Å². The first-order chi connectivity index (χ1) is 12.2. The first kappa shape index (κ1) is 22.2. The van der Waals surface area contributed by atoms with Gasteiger partial charge in [0.2, 0.25) is 0 Å². The third kappa shape index (κ3) is 10.0. The van der Waals surface area contributed by atoms with Crippen LogP contribution >= 0.6 is 0 Å². The Balaban J connectivity index is 2.05. The molecule has 0 unspecified atom stereocenters. The van der Waals surface area contributed by atoms with Crippen molar-refractivity contribution in [2.75, 3.05) is 0 Å². The minimum atomic E-state index is -0.356. The highest BCUT2D eigenvalue weighted by atomic mass is 16.6. The largest absolute Gasteiger partial charge is 0.461 e. The van der Waals surface area contributed by atoms with E-state index in [9.17, 15) is 9.90 Å². The molecule has 3 atom stereocenters. The van der Waals surface area contributed by atoms with Gasteiger partial charge in [-0.2, -0.15) is 0 Å². The van der Waals surface area contributed by atoms with Crippen molar-refractivity contribution in [1.82, 2.24) is 0 Å². The molecule has 0 spiro atoms. The number of aliphatic hydroxyl groups excluding tert-OH is 1. The summed E-state index contributed by atoms with van der Waals surface area (Å²) in [5.41, 5.74) is 0. The highest BCUT2D eigenvalue weighted by molar-refractivity contribution is 5.78. The van der Waals surface area contributed by atoms with Crippen LogP contribution in [0.5, 0.6) is 0 Å². The molecule has 0 aromatic rings. The van der Waals surface area contributed by atoms with Gasteiger partial charge in [-0.05, 0) is 32.1 Å². The van der Waals surface area contributed by atoms with Crippen molar-refractivity contribution < 1.29 is 14.6 Å². The van der Waals surface area contributed by atoms with Crippen LogP contribution < -0.4 is 0 Å². The topological polar surface area (TPSA) is 46.5 Å². The summed E-state index contributed by atoms with van der Waals surface area (Å²) in [6.45, 7) is 4.43. The van der Waals surface area contributed by atoms with Crippen LogP contribution in [0.25, 0.3) is 0 Å². The summed E-state index contributed by atoms with van der Waals surface area (Å²) in [6, 6.07) is 0. The van der Waals surface area contributed by atoms with Gasteiger partial charge in [0.15, 0.2) is 0 Å². The molecule has 3 heteroatoms. The summed E-state index contributed by atoms with van der Waals surface area (Å²) < 4.78 is 5.25. The van der Waals surface area contributed by atoms with Gasteiger partial charge in [-0.15, -0.1) is 0 Å². The van der Waals surface area contributed by atoms with Gasteiger partial charge in [0.1, 0.15) is 6.10 Å². The highest BCUT2D eigenvalue weighted by Gasteiger charge is 2.42. The van der Waals surface area contributed by atoms with Gasteiger partial charge in [-0.25, -0.2) is 0 Å². The molecule has 1 saturated heterocycles. The molecule has 0 amide bonds. The van der Waals surface area contributed by atoms with Crippen molar-refractivity contribution in [3.8, 4) is 0 Å². The molecule has 0 saturated carbocycles. The zero-order valence-electron chi connectivity index (χ0n) is 16.5. The van der Waals surface area contributed by atoms with E-state index in [0.29, 0.717) is 6.42 Å². The molecular formula is C22H40O3. The van der Waals surface area contributed by atoms with E-state index in [0.717, 1.165) is 32.1 Å². The summed E-state index contributed by atoms with van der Waals surface area (Å²) in [4.78, 5) is 11.6. The lowest BCUT2D eigenvalue weighted by Gasteiger charge is -2.36. The molecule has 0 radical (unpaired) electrons. The number of aliphatic hydroxyl groups is 1. The van der Waals surface area contributed by atoms with Gasteiger partial charge in [0.05, 0.1) is 12.0 Å². The van der Waals surface area contributed by atoms with Gasteiger partial charge < -0.3 is 9.84 Å². The normalized spacial score (nSPS) is 21.3. The molecule has 0 aliphatic carbocycles. The lowest BCUT2D eigenvalue weighted by molar-refractivity contribution is -0.188. The Bertz CT molecular complexity index is 364. The van der Waals surface area contributed by atoms with Crippen LogP contribution in [-0.4, -0.2) is 23.3 Å². The number of unbranched alkanes of at least 4 members (excludes halogenated alkanes) is 8. The molecule has 3 nitrogen and oxygen atoms in total. The molecule has 146 valence electrons. The molecule has 25 heavy (non-hydrogen) atoms. The van der Waals surface area contributed by atoms with Crippen LogP contribution in [0.2, 0.25) is 0 Å². The molecular weight excluding hydrogens is 312 g/mol. The van der Waals surface area contributed by atoms with E-state index in [4.69, 9.17) is 4.74 Å². The van der Waals surface area contributed by atoms with Crippen molar-refractivity contribution in [2.45, 2.75) is 116 Å². The average Bonchev–Trinajstić information content (AvgIpc) is 2.59. The lowest BCUT2D eigenvalue weighted by atomic mass is 9.87. The van der Waals surface area contributed by atoms with Crippen LogP contribution in [-0.2, 0) is 9.53 Å². The number of ether oxygens (including phenoxy) is 1. The second-order valence-corrected chi connectivity index (χ2v) is 7.57. The molecule has 1 heterocycles. The maximum atomic E-state index is 11.6. The van der Waals surface area contributed by atoms with Gasteiger partial charge in [0, 0.05) is 6.42 Å². The minimum absolute atomic E-state index is 0.0326. The van der Waals surface area contributed by atoms with E-state index in [1.54, 1.807) is 0 Å². The number of carbonyl (C=O) groups excluding carboxylic acids is 1. The quantitative estimate of drug-likeness (QED) is 0.212. The second-order valence-electron chi connectivity index (χ2n) is 7.57. The predicted octanol–water partition coefficient (Wildman–Crippen LogP) is 5.95. The summed E-state index contributed by atoms with van der Waals surface area (Å²) in [5, 5.41) is 10.2. The molecule has 1 N–H and O–H groups in total. The Hall–Kier alpha value is -0.830. The second kappa shape index (κ2) is 14.4. The molecule has 1 fully saturated rings. The van der Waals surface area contributed by atoms with E-state index >= 15 is 0 Å². The van der Waals surface area contributed by atoms with Crippen molar-refractivity contribution in [2.24, 2.45) is 5.92 Å². The van der Waals surface area contributed by atoms with Crippen molar-refractivity contribution in [1.29, 1.82) is 0 Å². The van der Waals surface area contributed by atoms with Crippen LogP contribution in [0.4, 0.5) is 0 Å². The third-order valence-electron chi connectivity index (χ3n) is 5.20. The van der Waals surface area contributed by atoms with Gasteiger partial charge in [-0.1, -0.05) is 77.4 Å². The lowest BCUT2D eigenvalue weighted by Crippen LogP contribution is -2.46. The number of esters is 1. The molecule has 1 rings (SSSR count). The first-order valence-electron chi connectivity index (χ1n) is 10.7. The van der Waals surface area contributed by atoms with Crippen molar-refractivity contribution in [3.05, 3.63) is 12.2 Å². The Morgan fingerprint density at radius 2 is 1.60 bits per heavy atom.